The van der Waals surface area contributed by atoms with Gasteiger partial charge in [-0.2, -0.15) is 4.31 Å². The van der Waals surface area contributed by atoms with Gasteiger partial charge in [-0.15, -0.1) is 10.2 Å². The highest BCUT2D eigenvalue weighted by Crippen LogP contribution is 2.24. The Bertz CT molecular complexity index is 1110. The number of sulfonamides is 1. The molecule has 0 amide bonds. The Morgan fingerprint density at radius 1 is 1.18 bits per heavy atom. The van der Waals surface area contributed by atoms with E-state index in [-0.39, 0.29) is 10.5 Å². The molecular weight excluding hydrogens is 400 g/mol. The van der Waals surface area contributed by atoms with Gasteiger partial charge in [-0.1, -0.05) is 37.7 Å². The monoisotopic (exact) mass is 420 g/mol. The fourth-order valence-corrected chi connectivity index (χ4v) is 5.07. The van der Waals surface area contributed by atoms with E-state index < -0.39 is 16.0 Å². The van der Waals surface area contributed by atoms with Gasteiger partial charge in [-0.05, 0) is 29.8 Å². The van der Waals surface area contributed by atoms with Gasteiger partial charge in [0.1, 0.15) is 0 Å². The fourth-order valence-electron chi connectivity index (χ4n) is 2.76. The van der Waals surface area contributed by atoms with Crippen molar-refractivity contribution in [1.82, 2.24) is 18.9 Å². The van der Waals surface area contributed by atoms with Gasteiger partial charge in [0, 0.05) is 25.0 Å². The summed E-state index contributed by atoms with van der Waals surface area (Å²) >= 11 is 1.36. The van der Waals surface area contributed by atoms with E-state index >= 15 is 0 Å². The van der Waals surface area contributed by atoms with Crippen LogP contribution in [0.1, 0.15) is 29.8 Å². The third-order valence-corrected chi connectivity index (χ3v) is 7.28. The van der Waals surface area contributed by atoms with Crippen LogP contribution in [0.25, 0.3) is 5.65 Å². The lowest BCUT2D eigenvalue weighted by Crippen LogP contribution is -2.30. The van der Waals surface area contributed by atoms with Crippen LogP contribution in [0, 0.1) is 0 Å². The second-order valence-electron chi connectivity index (χ2n) is 5.96. The Balaban J connectivity index is 1.89. The summed E-state index contributed by atoms with van der Waals surface area (Å²) in [7, 11) is -3.59. The van der Waals surface area contributed by atoms with E-state index in [9.17, 15) is 13.2 Å². The Labute approximate surface area is 167 Å². The normalized spacial score (nSPS) is 12.0. The fraction of sp³-hybridized carbons (Fsp3) is 0.278. The average molecular weight is 421 g/mol. The van der Waals surface area contributed by atoms with Crippen LogP contribution in [0.5, 0.6) is 0 Å². The van der Waals surface area contributed by atoms with Crippen molar-refractivity contribution in [2.24, 2.45) is 0 Å². The summed E-state index contributed by atoms with van der Waals surface area (Å²) in [4.78, 5) is 11.3. The standard InChI is InChI=1S/C18H20N4O4S2/c1-3-21(4-2)28(25,26)15-8-9-16-19-20-18(22(16)11-15)27-12-13-6-5-7-14(10-13)17(23)24/h5-11H,3-4,12H2,1-2H3,(H,23,24). The highest BCUT2D eigenvalue weighted by Gasteiger charge is 2.22. The van der Waals surface area contributed by atoms with Gasteiger partial charge in [0.15, 0.2) is 10.8 Å². The summed E-state index contributed by atoms with van der Waals surface area (Å²) in [5.41, 5.74) is 1.59. The molecular formula is C18H20N4O4S2. The maximum Gasteiger partial charge on any atom is 0.335 e. The molecule has 0 aliphatic rings. The van der Waals surface area contributed by atoms with Gasteiger partial charge in [-0.25, -0.2) is 13.2 Å². The van der Waals surface area contributed by atoms with Crippen molar-refractivity contribution in [3.8, 4) is 0 Å². The summed E-state index contributed by atoms with van der Waals surface area (Å²) in [5.74, 6) is -0.499. The molecule has 148 valence electrons. The maximum atomic E-state index is 12.8. The molecule has 0 bridgehead atoms. The van der Waals surface area contributed by atoms with Crippen molar-refractivity contribution in [3.05, 3.63) is 53.7 Å². The summed E-state index contributed by atoms with van der Waals surface area (Å²) in [5, 5.41) is 17.8. The third kappa shape index (κ3) is 4.03. The molecule has 3 rings (SSSR count). The molecule has 28 heavy (non-hydrogen) atoms. The minimum absolute atomic E-state index is 0.179. The molecule has 2 aromatic heterocycles. The SMILES string of the molecule is CCN(CC)S(=O)(=O)c1ccc2nnc(SCc3cccc(C(=O)O)c3)n2c1. The van der Waals surface area contributed by atoms with Crippen LogP contribution >= 0.6 is 11.8 Å². The molecule has 0 atom stereocenters. The van der Waals surface area contributed by atoms with Crippen LogP contribution in [0.4, 0.5) is 0 Å². The molecule has 0 aliphatic heterocycles. The number of aromatic nitrogens is 3. The quantitative estimate of drug-likeness (QED) is 0.559. The van der Waals surface area contributed by atoms with Crippen molar-refractivity contribution in [3.63, 3.8) is 0 Å². The summed E-state index contributed by atoms with van der Waals surface area (Å²) in [6.07, 6.45) is 1.53. The topological polar surface area (TPSA) is 105 Å². The number of carbonyl (C=O) groups is 1. The zero-order valence-electron chi connectivity index (χ0n) is 15.4. The molecule has 1 N–H and O–H groups in total. The second-order valence-corrected chi connectivity index (χ2v) is 8.84. The Hall–Kier alpha value is -2.43. The number of fused-ring (bicyclic) bond motifs is 1. The first-order valence-corrected chi connectivity index (χ1v) is 11.1. The minimum atomic E-state index is -3.59. The molecule has 8 nitrogen and oxygen atoms in total. The first-order chi connectivity index (χ1) is 13.4. The van der Waals surface area contributed by atoms with Crippen molar-refractivity contribution in [2.45, 2.75) is 29.7 Å². The van der Waals surface area contributed by atoms with E-state index in [4.69, 9.17) is 5.11 Å². The third-order valence-electron chi connectivity index (χ3n) is 4.23. The van der Waals surface area contributed by atoms with Crippen molar-refractivity contribution >= 4 is 33.4 Å². The predicted molar refractivity (Wildman–Crippen MR) is 106 cm³/mol. The Kier molecular flexibility index (Phi) is 6.01. The van der Waals surface area contributed by atoms with Crippen LogP contribution in [0.2, 0.25) is 0 Å². The minimum Gasteiger partial charge on any atom is -0.478 e. The van der Waals surface area contributed by atoms with Crippen molar-refractivity contribution in [2.75, 3.05) is 13.1 Å². The summed E-state index contributed by atoms with van der Waals surface area (Å²) < 4.78 is 28.6. The zero-order valence-corrected chi connectivity index (χ0v) is 17.1. The molecule has 0 saturated heterocycles. The first-order valence-electron chi connectivity index (χ1n) is 8.66. The number of hydrogen-bond acceptors (Lipinski definition) is 6. The average Bonchev–Trinajstić information content (AvgIpc) is 3.09. The Morgan fingerprint density at radius 3 is 2.61 bits per heavy atom. The van der Waals surface area contributed by atoms with Crippen LogP contribution in [0.3, 0.4) is 0 Å². The maximum absolute atomic E-state index is 12.8. The predicted octanol–water partition coefficient (Wildman–Crippen LogP) is 2.75. The molecule has 3 aromatic rings. The Morgan fingerprint density at radius 2 is 1.93 bits per heavy atom. The van der Waals surface area contributed by atoms with E-state index in [1.807, 2.05) is 6.07 Å². The second kappa shape index (κ2) is 8.29. The van der Waals surface area contributed by atoms with E-state index in [1.54, 1.807) is 36.4 Å². The summed E-state index contributed by atoms with van der Waals surface area (Å²) in [6, 6.07) is 9.82. The highest BCUT2D eigenvalue weighted by molar-refractivity contribution is 7.98. The van der Waals surface area contributed by atoms with Crippen LogP contribution in [0.15, 0.2) is 52.6 Å². The molecule has 0 radical (unpaired) electrons. The number of pyridine rings is 1. The van der Waals surface area contributed by atoms with Gasteiger partial charge in [0.25, 0.3) is 0 Å². The smallest absolute Gasteiger partial charge is 0.335 e. The van der Waals surface area contributed by atoms with Crippen LogP contribution in [-0.4, -0.2) is 51.5 Å². The number of carboxylic acids is 1. The van der Waals surface area contributed by atoms with Gasteiger partial charge < -0.3 is 5.11 Å². The van der Waals surface area contributed by atoms with Crippen LogP contribution < -0.4 is 0 Å². The van der Waals surface area contributed by atoms with Crippen LogP contribution in [-0.2, 0) is 15.8 Å². The first kappa shape index (κ1) is 20.3. The highest BCUT2D eigenvalue weighted by atomic mass is 32.2. The molecule has 0 saturated carbocycles. The largest absolute Gasteiger partial charge is 0.478 e. The van der Waals surface area contributed by atoms with E-state index in [1.165, 1.54) is 34.4 Å². The molecule has 0 fully saturated rings. The number of carboxylic acid groups (broad SMARTS) is 1. The van der Waals surface area contributed by atoms with Gasteiger partial charge in [-0.3, -0.25) is 4.40 Å². The number of nitrogens with zero attached hydrogens (tertiary/aromatic N) is 4. The van der Waals surface area contributed by atoms with Crippen molar-refractivity contribution in [1.29, 1.82) is 0 Å². The number of aromatic carboxylic acids is 1. The number of benzene rings is 1. The van der Waals surface area contributed by atoms with E-state index in [2.05, 4.69) is 10.2 Å². The molecule has 10 heteroatoms. The molecule has 0 aliphatic carbocycles. The lowest BCUT2D eigenvalue weighted by molar-refractivity contribution is 0.0696. The van der Waals surface area contributed by atoms with E-state index in [0.29, 0.717) is 29.6 Å². The van der Waals surface area contributed by atoms with Crippen molar-refractivity contribution < 1.29 is 18.3 Å². The lowest BCUT2D eigenvalue weighted by Gasteiger charge is -2.18. The molecule has 1 aromatic carbocycles. The number of rotatable bonds is 8. The zero-order chi connectivity index (χ0) is 20.3. The van der Waals surface area contributed by atoms with Gasteiger partial charge in [0.2, 0.25) is 10.0 Å². The van der Waals surface area contributed by atoms with Gasteiger partial charge >= 0.3 is 5.97 Å². The summed E-state index contributed by atoms with van der Waals surface area (Å²) in [6.45, 7) is 4.37. The molecule has 0 unspecified atom stereocenters. The van der Waals surface area contributed by atoms with Gasteiger partial charge in [0.05, 0.1) is 10.5 Å². The number of thioether (sulfide) groups is 1. The molecule has 2 heterocycles. The molecule has 0 spiro atoms. The van der Waals surface area contributed by atoms with E-state index in [0.717, 1.165) is 5.56 Å². The lowest BCUT2D eigenvalue weighted by atomic mass is 10.1. The number of hydrogen-bond donors (Lipinski definition) is 1.